The van der Waals surface area contributed by atoms with Gasteiger partial charge in [-0.1, -0.05) is 24.3 Å². The summed E-state index contributed by atoms with van der Waals surface area (Å²) in [6, 6.07) is 8.81. The van der Waals surface area contributed by atoms with Crippen LogP contribution in [0.3, 0.4) is 0 Å². The maximum Gasteiger partial charge on any atom is 0.191 e. The highest BCUT2D eigenvalue weighted by molar-refractivity contribution is 14.0. The second kappa shape index (κ2) is 16.6. The lowest BCUT2D eigenvalue weighted by Gasteiger charge is -2.26. The molecule has 2 aliphatic rings. The third-order valence-corrected chi connectivity index (χ3v) is 5.75. The van der Waals surface area contributed by atoms with E-state index >= 15 is 0 Å². The summed E-state index contributed by atoms with van der Waals surface area (Å²) in [6.07, 6.45) is 3.23. The van der Waals surface area contributed by atoms with Crippen LogP contribution in [0.25, 0.3) is 0 Å². The van der Waals surface area contributed by atoms with Gasteiger partial charge in [0.15, 0.2) is 5.96 Å². The van der Waals surface area contributed by atoms with Gasteiger partial charge in [0.25, 0.3) is 0 Å². The molecule has 1 aromatic carbocycles. The summed E-state index contributed by atoms with van der Waals surface area (Å²) in [7, 11) is 0. The molecule has 0 spiro atoms. The van der Waals surface area contributed by atoms with Gasteiger partial charge in [0.2, 0.25) is 0 Å². The van der Waals surface area contributed by atoms with Crippen molar-refractivity contribution in [1.29, 1.82) is 0 Å². The highest BCUT2D eigenvalue weighted by atomic mass is 127. The molecule has 2 heterocycles. The number of nitrogens with zero attached hydrogens (tertiary/aromatic N) is 2. The van der Waals surface area contributed by atoms with Gasteiger partial charge in [-0.25, -0.2) is 4.99 Å². The average Bonchev–Trinajstić information content (AvgIpc) is 2.82. The van der Waals surface area contributed by atoms with Crippen LogP contribution in [0.15, 0.2) is 29.3 Å². The van der Waals surface area contributed by atoms with Crippen LogP contribution >= 0.6 is 24.0 Å². The first-order chi connectivity index (χ1) is 15.3. The molecule has 7 nitrogen and oxygen atoms in total. The molecular weight excluding hydrogens is 519 g/mol. The van der Waals surface area contributed by atoms with Crippen molar-refractivity contribution in [2.45, 2.75) is 39.3 Å². The number of halogens is 1. The summed E-state index contributed by atoms with van der Waals surface area (Å²) in [5.74, 6) is 1.53. The average molecular weight is 561 g/mol. The monoisotopic (exact) mass is 560 g/mol. The molecule has 3 rings (SSSR count). The van der Waals surface area contributed by atoms with E-state index in [0.717, 1.165) is 97.6 Å². The van der Waals surface area contributed by atoms with Crippen molar-refractivity contribution in [2.75, 3.05) is 65.8 Å². The zero-order chi connectivity index (χ0) is 21.6. The molecule has 0 radical (unpaired) electrons. The van der Waals surface area contributed by atoms with Gasteiger partial charge in [-0.2, -0.15) is 0 Å². The molecule has 0 amide bonds. The number of aliphatic imine (C=N–C) groups is 1. The molecule has 1 aromatic rings. The molecule has 2 aliphatic heterocycles. The van der Waals surface area contributed by atoms with Crippen LogP contribution < -0.4 is 10.6 Å². The van der Waals surface area contributed by atoms with Crippen LogP contribution in [0.5, 0.6) is 0 Å². The predicted octanol–water partition coefficient (Wildman–Crippen LogP) is 3.03. The minimum Gasteiger partial charge on any atom is -0.381 e. The van der Waals surface area contributed by atoms with Crippen LogP contribution in [0.2, 0.25) is 0 Å². The summed E-state index contributed by atoms with van der Waals surface area (Å²) >= 11 is 0. The van der Waals surface area contributed by atoms with E-state index in [9.17, 15) is 0 Å². The highest BCUT2D eigenvalue weighted by Gasteiger charge is 2.13. The number of hydrogen-bond donors (Lipinski definition) is 2. The summed E-state index contributed by atoms with van der Waals surface area (Å²) < 4.78 is 16.7. The summed E-state index contributed by atoms with van der Waals surface area (Å²) in [4.78, 5) is 7.17. The molecule has 32 heavy (non-hydrogen) atoms. The van der Waals surface area contributed by atoms with Gasteiger partial charge in [0, 0.05) is 59.2 Å². The van der Waals surface area contributed by atoms with Gasteiger partial charge in [0.1, 0.15) is 0 Å². The van der Waals surface area contributed by atoms with Crippen molar-refractivity contribution in [3.63, 3.8) is 0 Å². The zero-order valence-electron chi connectivity index (χ0n) is 19.5. The first-order valence-electron chi connectivity index (χ1n) is 11.9. The van der Waals surface area contributed by atoms with Gasteiger partial charge in [-0.3, -0.25) is 4.90 Å². The Morgan fingerprint density at radius 1 is 1.03 bits per heavy atom. The van der Waals surface area contributed by atoms with Gasteiger partial charge in [-0.15, -0.1) is 24.0 Å². The fourth-order valence-electron chi connectivity index (χ4n) is 3.82. The maximum absolute atomic E-state index is 5.84. The third kappa shape index (κ3) is 10.8. The second-order valence-electron chi connectivity index (χ2n) is 8.31. The summed E-state index contributed by atoms with van der Waals surface area (Å²) in [5, 5.41) is 6.74. The van der Waals surface area contributed by atoms with E-state index in [1.165, 1.54) is 11.1 Å². The Kier molecular flexibility index (Phi) is 14.2. The molecule has 0 atom stereocenters. The van der Waals surface area contributed by atoms with E-state index in [2.05, 4.69) is 46.7 Å². The predicted molar refractivity (Wildman–Crippen MR) is 140 cm³/mol. The van der Waals surface area contributed by atoms with E-state index in [0.29, 0.717) is 12.5 Å². The van der Waals surface area contributed by atoms with Crippen LogP contribution in [-0.4, -0.2) is 76.7 Å². The first-order valence-corrected chi connectivity index (χ1v) is 11.9. The van der Waals surface area contributed by atoms with Gasteiger partial charge in [-0.05, 0) is 43.2 Å². The molecule has 2 N–H and O–H groups in total. The van der Waals surface area contributed by atoms with E-state index in [1.54, 1.807) is 0 Å². The van der Waals surface area contributed by atoms with Crippen molar-refractivity contribution in [1.82, 2.24) is 15.5 Å². The van der Waals surface area contributed by atoms with Crippen LogP contribution in [-0.2, 0) is 27.3 Å². The van der Waals surface area contributed by atoms with Gasteiger partial charge >= 0.3 is 0 Å². The third-order valence-electron chi connectivity index (χ3n) is 5.75. The van der Waals surface area contributed by atoms with Crippen LogP contribution in [0.1, 0.15) is 37.3 Å². The molecule has 0 bridgehead atoms. The summed E-state index contributed by atoms with van der Waals surface area (Å²) in [5.41, 5.74) is 2.57. The molecular formula is C24H41IN4O3. The lowest BCUT2D eigenvalue weighted by molar-refractivity contribution is 0.0203. The lowest BCUT2D eigenvalue weighted by atomic mass is 10.0. The van der Waals surface area contributed by atoms with Gasteiger partial charge in [0.05, 0.1) is 19.8 Å². The molecule has 8 heteroatoms. The number of rotatable bonds is 11. The minimum absolute atomic E-state index is 0. The molecule has 182 valence electrons. The van der Waals surface area contributed by atoms with E-state index in [4.69, 9.17) is 19.2 Å². The molecule has 0 saturated carbocycles. The van der Waals surface area contributed by atoms with E-state index in [-0.39, 0.29) is 24.0 Å². The molecule has 0 aliphatic carbocycles. The molecule has 0 aromatic heterocycles. The smallest absolute Gasteiger partial charge is 0.191 e. The Morgan fingerprint density at radius 2 is 1.72 bits per heavy atom. The maximum atomic E-state index is 5.84. The second-order valence-corrected chi connectivity index (χ2v) is 8.31. The molecule has 0 unspecified atom stereocenters. The SMILES string of the molecule is CCNC(=NCc1ccc(CN2CCOCC2)cc1)NCCCOCC1CCOCC1.I. The fourth-order valence-corrected chi connectivity index (χ4v) is 3.82. The number of nitrogens with one attached hydrogen (secondary N) is 2. The highest BCUT2D eigenvalue weighted by Crippen LogP contribution is 2.14. The number of ether oxygens (including phenoxy) is 3. The summed E-state index contributed by atoms with van der Waals surface area (Å²) in [6.45, 7) is 12.6. The fraction of sp³-hybridized carbons (Fsp3) is 0.708. The Balaban J connectivity index is 0.00000363. The number of hydrogen-bond acceptors (Lipinski definition) is 5. The number of morpholine rings is 1. The molecule has 2 fully saturated rings. The number of guanidine groups is 1. The molecule has 2 saturated heterocycles. The quantitative estimate of drug-likeness (QED) is 0.188. The Hall–Kier alpha value is -0.940. The Bertz CT molecular complexity index is 633. The Morgan fingerprint density at radius 3 is 2.44 bits per heavy atom. The van der Waals surface area contributed by atoms with Crippen LogP contribution in [0.4, 0.5) is 0 Å². The lowest BCUT2D eigenvalue weighted by Crippen LogP contribution is -2.38. The standard InChI is InChI=1S/C24H40N4O3.HI/c1-2-25-24(26-10-3-13-31-20-23-8-14-29-15-9-23)27-18-21-4-6-22(7-5-21)19-28-11-16-30-17-12-28;/h4-7,23H,2-3,8-20H2,1H3,(H2,25,26,27);1H. The normalized spacial score (nSPS) is 18.2. The Labute approximate surface area is 210 Å². The van der Waals surface area contributed by atoms with E-state index < -0.39 is 0 Å². The first kappa shape index (κ1) is 27.3. The van der Waals surface area contributed by atoms with Gasteiger partial charge < -0.3 is 24.8 Å². The largest absolute Gasteiger partial charge is 0.381 e. The minimum atomic E-state index is 0. The zero-order valence-corrected chi connectivity index (χ0v) is 21.9. The van der Waals surface area contributed by atoms with Crippen molar-refractivity contribution >= 4 is 29.9 Å². The topological polar surface area (TPSA) is 67.4 Å². The number of benzene rings is 1. The van der Waals surface area contributed by atoms with Crippen molar-refractivity contribution in [3.8, 4) is 0 Å². The van der Waals surface area contributed by atoms with Crippen LogP contribution in [0, 0.1) is 5.92 Å². The van der Waals surface area contributed by atoms with Crippen molar-refractivity contribution in [3.05, 3.63) is 35.4 Å². The van der Waals surface area contributed by atoms with Crippen molar-refractivity contribution in [2.24, 2.45) is 10.9 Å². The van der Waals surface area contributed by atoms with Crippen molar-refractivity contribution < 1.29 is 14.2 Å². The van der Waals surface area contributed by atoms with E-state index in [1.807, 2.05) is 0 Å².